The number of fused-ring (bicyclic) bond motifs is 1. The summed E-state index contributed by atoms with van der Waals surface area (Å²) in [6, 6.07) is 16.3. The molecule has 1 atom stereocenters. The van der Waals surface area contributed by atoms with Crippen molar-refractivity contribution in [1.82, 2.24) is 14.5 Å². The number of amides is 4. The summed E-state index contributed by atoms with van der Waals surface area (Å²) >= 11 is 0. The Morgan fingerprint density at radius 1 is 0.950 bits per heavy atom. The van der Waals surface area contributed by atoms with Crippen molar-refractivity contribution in [3.63, 3.8) is 0 Å². The van der Waals surface area contributed by atoms with Crippen LogP contribution in [0.2, 0.25) is 0 Å². The molecule has 3 aromatic carbocycles. The second-order valence-electron chi connectivity index (χ2n) is 10.3. The molecule has 0 bridgehead atoms. The molecule has 11 heteroatoms. The number of rotatable bonds is 7. The molecule has 2 saturated heterocycles. The lowest BCUT2D eigenvalue weighted by Gasteiger charge is -2.22. The number of urea groups is 1. The maximum absolute atomic E-state index is 13.4. The predicted molar refractivity (Wildman–Crippen MR) is 150 cm³/mol. The minimum absolute atomic E-state index is 0.158. The van der Waals surface area contributed by atoms with Gasteiger partial charge in [0.1, 0.15) is 17.8 Å². The molecule has 40 heavy (non-hydrogen) atoms. The number of benzene rings is 3. The van der Waals surface area contributed by atoms with Crippen molar-refractivity contribution in [2.24, 2.45) is 0 Å². The van der Waals surface area contributed by atoms with Crippen LogP contribution in [-0.2, 0) is 25.2 Å². The number of carbonyl (C=O) groups is 3. The number of ether oxygens (including phenoxy) is 1. The van der Waals surface area contributed by atoms with Gasteiger partial charge in [-0.1, -0.05) is 31.0 Å². The highest BCUT2D eigenvalue weighted by molar-refractivity contribution is 7.89. The number of hydrogen-bond acceptors (Lipinski definition) is 6. The van der Waals surface area contributed by atoms with E-state index in [0.717, 1.165) is 41.4 Å². The number of imide groups is 1. The molecule has 2 aliphatic heterocycles. The number of hydrogen-bond donors (Lipinski definition) is 2. The Morgan fingerprint density at radius 3 is 2.27 bits per heavy atom. The SMILES string of the molecule is COc1ccc2cc(C3(C)NC(=O)N(CC(=O)Nc4ccc(S(=O)(=O)N5CCCCCC5)cc4)C3=O)ccc2c1. The third-order valence-electron chi connectivity index (χ3n) is 7.54. The van der Waals surface area contributed by atoms with Gasteiger partial charge in [-0.15, -0.1) is 0 Å². The van der Waals surface area contributed by atoms with Crippen LogP contribution < -0.4 is 15.4 Å². The van der Waals surface area contributed by atoms with E-state index in [1.807, 2.05) is 30.3 Å². The molecule has 5 rings (SSSR count). The molecular weight excluding hydrogens is 532 g/mol. The highest BCUT2D eigenvalue weighted by Crippen LogP contribution is 2.32. The first kappa shape index (κ1) is 27.6. The molecule has 0 saturated carbocycles. The fraction of sp³-hybridized carbons (Fsp3) is 0.345. The van der Waals surface area contributed by atoms with Crippen LogP contribution >= 0.6 is 0 Å². The van der Waals surface area contributed by atoms with E-state index in [-0.39, 0.29) is 4.90 Å². The second kappa shape index (κ2) is 10.9. The van der Waals surface area contributed by atoms with Gasteiger partial charge in [0.05, 0.1) is 12.0 Å². The maximum Gasteiger partial charge on any atom is 0.325 e. The normalized spacial score (nSPS) is 20.3. The summed E-state index contributed by atoms with van der Waals surface area (Å²) in [6.07, 6.45) is 3.72. The van der Waals surface area contributed by atoms with E-state index in [4.69, 9.17) is 4.74 Å². The first-order chi connectivity index (χ1) is 19.1. The van der Waals surface area contributed by atoms with Crippen molar-refractivity contribution < 1.29 is 27.5 Å². The first-order valence-corrected chi connectivity index (χ1v) is 14.7. The highest BCUT2D eigenvalue weighted by Gasteiger charge is 2.49. The Morgan fingerprint density at radius 2 is 1.60 bits per heavy atom. The Balaban J connectivity index is 1.26. The summed E-state index contributed by atoms with van der Waals surface area (Å²) in [5.74, 6) is -0.413. The summed E-state index contributed by atoms with van der Waals surface area (Å²) in [6.45, 7) is 2.12. The standard InChI is InChI=1S/C29H32N4O6S/c1-29(22-9-7-21-18-24(39-2)12-8-20(21)17-22)27(35)33(28(36)31-29)19-26(34)30-23-10-13-25(14-11-23)40(37,38)32-15-5-3-4-6-16-32/h7-14,17-18H,3-6,15-16,19H2,1-2H3,(H,30,34)(H,31,36). The van der Waals surface area contributed by atoms with Crippen molar-refractivity contribution in [2.75, 3.05) is 32.1 Å². The molecule has 1 unspecified atom stereocenters. The van der Waals surface area contributed by atoms with Crippen LogP contribution in [0.4, 0.5) is 10.5 Å². The quantitative estimate of drug-likeness (QED) is 0.421. The van der Waals surface area contributed by atoms with E-state index < -0.39 is 40.0 Å². The molecule has 210 valence electrons. The maximum atomic E-state index is 13.4. The molecule has 10 nitrogen and oxygen atoms in total. The lowest BCUT2D eigenvalue weighted by molar-refractivity contribution is -0.133. The number of carbonyl (C=O) groups excluding carboxylic acids is 3. The van der Waals surface area contributed by atoms with Gasteiger partial charge in [0.25, 0.3) is 5.91 Å². The van der Waals surface area contributed by atoms with Crippen LogP contribution in [-0.4, -0.2) is 62.2 Å². The fourth-order valence-electron chi connectivity index (χ4n) is 5.18. The molecule has 2 aliphatic rings. The third kappa shape index (κ3) is 5.26. The number of methoxy groups -OCH3 is 1. The van der Waals surface area contributed by atoms with Crippen LogP contribution in [0, 0.1) is 0 Å². The Hall–Kier alpha value is -3.96. The molecule has 2 N–H and O–H groups in total. The summed E-state index contributed by atoms with van der Waals surface area (Å²) < 4.78 is 32.8. The minimum Gasteiger partial charge on any atom is -0.497 e. The van der Waals surface area contributed by atoms with Gasteiger partial charge in [0.2, 0.25) is 15.9 Å². The zero-order chi connectivity index (χ0) is 28.5. The van der Waals surface area contributed by atoms with Crippen molar-refractivity contribution in [1.29, 1.82) is 0 Å². The van der Waals surface area contributed by atoms with Crippen molar-refractivity contribution >= 4 is 44.3 Å². The molecular formula is C29H32N4O6S. The summed E-state index contributed by atoms with van der Waals surface area (Å²) in [5.41, 5.74) is -0.387. The Bertz CT molecular complexity index is 1570. The molecule has 0 aliphatic carbocycles. The van der Waals surface area contributed by atoms with E-state index in [1.165, 1.54) is 28.6 Å². The van der Waals surface area contributed by atoms with Crippen molar-refractivity contribution in [2.45, 2.75) is 43.0 Å². The van der Waals surface area contributed by atoms with Gasteiger partial charge in [-0.25, -0.2) is 13.2 Å². The van der Waals surface area contributed by atoms with Crippen LogP contribution in [0.25, 0.3) is 10.8 Å². The van der Waals surface area contributed by atoms with Crippen molar-refractivity contribution in [3.05, 3.63) is 66.2 Å². The van der Waals surface area contributed by atoms with Crippen LogP contribution in [0.5, 0.6) is 5.75 Å². The van der Waals surface area contributed by atoms with Crippen molar-refractivity contribution in [3.8, 4) is 5.75 Å². The largest absolute Gasteiger partial charge is 0.497 e. The average molecular weight is 565 g/mol. The van der Waals surface area contributed by atoms with Crippen LogP contribution in [0.1, 0.15) is 38.2 Å². The van der Waals surface area contributed by atoms with E-state index in [1.54, 1.807) is 20.1 Å². The molecule has 0 radical (unpaired) electrons. The van der Waals surface area contributed by atoms with Gasteiger partial charge in [-0.3, -0.25) is 14.5 Å². The number of sulfonamides is 1. The Labute approximate surface area is 233 Å². The summed E-state index contributed by atoms with van der Waals surface area (Å²) in [4.78, 5) is 40.0. The lowest BCUT2D eigenvalue weighted by atomic mass is 9.90. The number of anilines is 1. The third-order valence-corrected chi connectivity index (χ3v) is 9.46. The molecule has 3 aromatic rings. The highest BCUT2D eigenvalue weighted by atomic mass is 32.2. The lowest BCUT2D eigenvalue weighted by Crippen LogP contribution is -2.42. The van der Waals surface area contributed by atoms with E-state index in [0.29, 0.717) is 30.1 Å². The van der Waals surface area contributed by atoms with Gasteiger partial charge < -0.3 is 15.4 Å². The van der Waals surface area contributed by atoms with Gasteiger partial charge >= 0.3 is 6.03 Å². The zero-order valence-corrected chi connectivity index (χ0v) is 23.3. The zero-order valence-electron chi connectivity index (χ0n) is 22.5. The first-order valence-electron chi connectivity index (χ1n) is 13.2. The molecule has 4 amide bonds. The predicted octanol–water partition coefficient (Wildman–Crippen LogP) is 3.82. The van der Waals surface area contributed by atoms with E-state index in [2.05, 4.69) is 10.6 Å². The molecule has 2 fully saturated rings. The van der Waals surface area contributed by atoms with Gasteiger partial charge in [0.15, 0.2) is 0 Å². The van der Waals surface area contributed by atoms with E-state index in [9.17, 15) is 22.8 Å². The molecule has 0 spiro atoms. The summed E-state index contributed by atoms with van der Waals surface area (Å²) in [7, 11) is -2.02. The second-order valence-corrected chi connectivity index (χ2v) is 12.2. The smallest absolute Gasteiger partial charge is 0.325 e. The monoisotopic (exact) mass is 564 g/mol. The minimum atomic E-state index is -3.61. The summed E-state index contributed by atoms with van der Waals surface area (Å²) in [5, 5.41) is 7.17. The molecule has 2 heterocycles. The van der Waals surface area contributed by atoms with Gasteiger partial charge in [-0.05, 0) is 78.6 Å². The number of nitrogens with one attached hydrogen (secondary N) is 2. The average Bonchev–Trinajstić information content (AvgIpc) is 3.14. The van der Waals surface area contributed by atoms with E-state index >= 15 is 0 Å². The Kier molecular flexibility index (Phi) is 7.52. The van der Waals surface area contributed by atoms with Gasteiger partial charge in [-0.2, -0.15) is 4.31 Å². The number of nitrogens with zero attached hydrogens (tertiary/aromatic N) is 2. The fourth-order valence-corrected chi connectivity index (χ4v) is 6.70. The molecule has 0 aromatic heterocycles. The van der Waals surface area contributed by atoms with Crippen LogP contribution in [0.15, 0.2) is 65.6 Å². The topological polar surface area (TPSA) is 125 Å². The van der Waals surface area contributed by atoms with Crippen LogP contribution in [0.3, 0.4) is 0 Å². The van der Waals surface area contributed by atoms with Gasteiger partial charge in [0, 0.05) is 18.8 Å².